The van der Waals surface area contributed by atoms with Crippen molar-refractivity contribution < 1.29 is 28.6 Å². The van der Waals surface area contributed by atoms with Crippen molar-refractivity contribution in [1.29, 1.82) is 0 Å². The minimum atomic E-state index is -0.753. The fourth-order valence-corrected chi connectivity index (χ4v) is 4.59. The molecule has 0 bridgehead atoms. The van der Waals surface area contributed by atoms with Crippen LogP contribution in [-0.2, 0) is 14.2 Å². The lowest BCUT2D eigenvalue weighted by Gasteiger charge is -2.18. The first-order valence-corrected chi connectivity index (χ1v) is 16.5. The Morgan fingerprint density at radius 1 is 0.767 bits per heavy atom. The first kappa shape index (κ1) is 38.4. The molecule has 3 amide bonds. The summed E-state index contributed by atoms with van der Waals surface area (Å²) in [4.78, 5) is 40.1. The number of hydrogen-bond donors (Lipinski definition) is 3. The second-order valence-electron chi connectivity index (χ2n) is 11.0. The number of pyridine rings is 1. The number of halogens is 1. The molecule has 0 aliphatic carbocycles. The topological polar surface area (TPSA) is 128 Å². The molecule has 0 saturated heterocycles. The van der Waals surface area contributed by atoms with Crippen LogP contribution in [0.15, 0.2) is 18.3 Å². The van der Waals surface area contributed by atoms with Gasteiger partial charge < -0.3 is 30.2 Å². The molecule has 43 heavy (non-hydrogen) atoms. The highest BCUT2D eigenvalue weighted by atomic mass is 35.5. The van der Waals surface area contributed by atoms with Gasteiger partial charge in [0.05, 0.1) is 5.56 Å². The summed E-state index contributed by atoms with van der Waals surface area (Å²) < 4.78 is 15.5. The van der Waals surface area contributed by atoms with Gasteiger partial charge in [-0.1, -0.05) is 115 Å². The molecule has 0 fully saturated rings. The van der Waals surface area contributed by atoms with Crippen LogP contribution in [-0.4, -0.2) is 62.2 Å². The molecule has 0 aromatic carbocycles. The van der Waals surface area contributed by atoms with Crippen LogP contribution >= 0.6 is 11.6 Å². The number of alkyl carbamates (subject to hydrolysis) is 2. The van der Waals surface area contributed by atoms with E-state index in [-0.39, 0.29) is 18.4 Å². The molecule has 10 nitrogen and oxygen atoms in total. The van der Waals surface area contributed by atoms with Crippen LogP contribution in [0.1, 0.15) is 127 Å². The molecule has 0 aliphatic heterocycles. The molecule has 1 heterocycles. The maximum atomic E-state index is 12.2. The van der Waals surface area contributed by atoms with Gasteiger partial charge in [0.25, 0.3) is 5.91 Å². The van der Waals surface area contributed by atoms with E-state index in [2.05, 4.69) is 27.9 Å². The highest BCUT2D eigenvalue weighted by Crippen LogP contribution is 2.13. The SMILES string of the molecule is CCCCCCCCCCCCCCCCCCNC(=O)OCC(COC(=O)NC(C)NC(=O)c1ccc(Cl)nc1)OC. The molecule has 1 aromatic heterocycles. The largest absolute Gasteiger partial charge is 0.447 e. The van der Waals surface area contributed by atoms with Crippen LogP contribution in [0, 0.1) is 0 Å². The average Bonchev–Trinajstić information content (AvgIpc) is 2.99. The lowest BCUT2D eigenvalue weighted by Crippen LogP contribution is -2.46. The summed E-state index contributed by atoms with van der Waals surface area (Å²) in [6.45, 7) is 4.22. The Bertz CT molecular complexity index is 874. The van der Waals surface area contributed by atoms with Crippen LogP contribution in [0.4, 0.5) is 9.59 Å². The molecule has 1 rings (SSSR count). The molecule has 246 valence electrons. The molecule has 2 atom stereocenters. The molecule has 0 saturated carbocycles. The van der Waals surface area contributed by atoms with Crippen molar-refractivity contribution >= 4 is 29.7 Å². The van der Waals surface area contributed by atoms with Crippen LogP contribution < -0.4 is 16.0 Å². The predicted molar refractivity (Wildman–Crippen MR) is 170 cm³/mol. The monoisotopic (exact) mass is 626 g/mol. The third-order valence-electron chi connectivity index (χ3n) is 7.11. The third-order valence-corrected chi connectivity index (χ3v) is 7.33. The molecule has 11 heteroatoms. The maximum absolute atomic E-state index is 12.2. The summed E-state index contributed by atoms with van der Waals surface area (Å²) in [6, 6.07) is 3.02. The smallest absolute Gasteiger partial charge is 0.408 e. The molecule has 3 N–H and O–H groups in total. The van der Waals surface area contributed by atoms with Crippen molar-refractivity contribution in [1.82, 2.24) is 20.9 Å². The highest BCUT2D eigenvalue weighted by Gasteiger charge is 2.17. The maximum Gasteiger partial charge on any atom is 0.408 e. The van der Waals surface area contributed by atoms with E-state index in [9.17, 15) is 14.4 Å². The van der Waals surface area contributed by atoms with E-state index in [0.29, 0.717) is 12.1 Å². The molecule has 0 spiro atoms. The number of hydrogen-bond acceptors (Lipinski definition) is 7. The Balaban J connectivity index is 1.98. The average molecular weight is 627 g/mol. The zero-order valence-corrected chi connectivity index (χ0v) is 27.4. The summed E-state index contributed by atoms with van der Waals surface area (Å²) in [7, 11) is 1.44. The van der Waals surface area contributed by atoms with Gasteiger partial charge in [-0.15, -0.1) is 0 Å². The number of carbonyl (C=O) groups excluding carboxylic acids is 3. The molecule has 2 unspecified atom stereocenters. The summed E-state index contributed by atoms with van der Waals surface area (Å²) in [5.74, 6) is -0.425. The van der Waals surface area contributed by atoms with Gasteiger partial charge in [-0.05, 0) is 25.5 Å². The second-order valence-corrected chi connectivity index (χ2v) is 11.4. The van der Waals surface area contributed by atoms with Gasteiger partial charge >= 0.3 is 12.2 Å². The molecule has 0 radical (unpaired) electrons. The number of amides is 3. The van der Waals surface area contributed by atoms with E-state index in [0.717, 1.165) is 12.8 Å². The molecule has 0 aliphatic rings. The Morgan fingerprint density at radius 3 is 1.77 bits per heavy atom. The summed E-state index contributed by atoms with van der Waals surface area (Å²) in [5, 5.41) is 8.12. The normalized spacial score (nSPS) is 12.3. The van der Waals surface area contributed by atoms with Crippen molar-refractivity contribution in [3.8, 4) is 0 Å². The van der Waals surface area contributed by atoms with E-state index in [1.165, 1.54) is 115 Å². The van der Waals surface area contributed by atoms with E-state index < -0.39 is 30.4 Å². The Labute approximate surface area is 263 Å². The fourth-order valence-electron chi connectivity index (χ4n) is 4.48. The fraction of sp³-hybridized carbons (Fsp3) is 0.750. The Hall–Kier alpha value is -2.59. The van der Waals surface area contributed by atoms with Gasteiger partial charge in [-0.2, -0.15) is 0 Å². The number of aromatic nitrogens is 1. The first-order chi connectivity index (χ1) is 20.8. The van der Waals surface area contributed by atoms with Crippen molar-refractivity contribution in [3.05, 3.63) is 29.0 Å². The van der Waals surface area contributed by atoms with Gasteiger partial charge in [0.1, 0.15) is 30.6 Å². The van der Waals surface area contributed by atoms with Crippen molar-refractivity contribution in [2.45, 2.75) is 129 Å². The number of unbranched alkanes of at least 4 members (excludes halogenated alkanes) is 15. The highest BCUT2D eigenvalue weighted by molar-refractivity contribution is 6.29. The Kier molecular flexibility index (Phi) is 23.1. The van der Waals surface area contributed by atoms with Gasteiger partial charge in [0.15, 0.2) is 0 Å². The molecular formula is C32H55ClN4O6. The minimum absolute atomic E-state index is 0.0651. The van der Waals surface area contributed by atoms with Crippen molar-refractivity contribution in [2.75, 3.05) is 26.9 Å². The van der Waals surface area contributed by atoms with Crippen LogP contribution in [0.3, 0.4) is 0 Å². The minimum Gasteiger partial charge on any atom is -0.447 e. The zero-order chi connectivity index (χ0) is 31.5. The summed E-state index contributed by atoms with van der Waals surface area (Å²) in [6.07, 6.45) is 19.6. The third kappa shape index (κ3) is 21.7. The van der Waals surface area contributed by atoms with Gasteiger partial charge in [0.2, 0.25) is 0 Å². The Morgan fingerprint density at radius 2 is 1.28 bits per heavy atom. The van der Waals surface area contributed by atoms with Crippen molar-refractivity contribution in [2.24, 2.45) is 0 Å². The molecule has 1 aromatic rings. The number of rotatable bonds is 25. The lowest BCUT2D eigenvalue weighted by molar-refractivity contribution is -0.00495. The number of nitrogens with zero attached hydrogens (tertiary/aromatic N) is 1. The molecular weight excluding hydrogens is 572 g/mol. The predicted octanol–water partition coefficient (Wildman–Crippen LogP) is 7.54. The number of ether oxygens (including phenoxy) is 3. The van der Waals surface area contributed by atoms with Crippen molar-refractivity contribution in [3.63, 3.8) is 0 Å². The van der Waals surface area contributed by atoms with Gasteiger partial charge in [-0.25, -0.2) is 14.6 Å². The standard InChI is InChI=1S/C32H55ClN4O6/c1-4-5-6-7-8-9-10-11-12-13-14-15-16-17-18-19-22-34-31(39)42-24-28(41-3)25-43-32(40)37-26(2)36-30(38)27-20-21-29(33)35-23-27/h20-21,23,26,28H,4-19,22,24-25H2,1-3H3,(H,34,39)(H,36,38)(H,37,40). The van der Waals surface area contributed by atoms with E-state index >= 15 is 0 Å². The summed E-state index contributed by atoms with van der Waals surface area (Å²) >= 11 is 5.72. The first-order valence-electron chi connectivity index (χ1n) is 16.1. The van der Waals surface area contributed by atoms with Crippen LogP contribution in [0.25, 0.3) is 0 Å². The number of nitrogens with one attached hydrogen (secondary N) is 3. The van der Waals surface area contributed by atoms with Crippen LogP contribution in [0.2, 0.25) is 5.15 Å². The zero-order valence-electron chi connectivity index (χ0n) is 26.6. The van der Waals surface area contributed by atoms with Crippen LogP contribution in [0.5, 0.6) is 0 Å². The van der Waals surface area contributed by atoms with E-state index in [1.807, 2.05) is 0 Å². The van der Waals surface area contributed by atoms with E-state index in [1.54, 1.807) is 6.92 Å². The lowest BCUT2D eigenvalue weighted by atomic mass is 10.0. The number of methoxy groups -OCH3 is 1. The summed E-state index contributed by atoms with van der Waals surface area (Å²) in [5.41, 5.74) is 0.302. The second kappa shape index (κ2) is 25.9. The quantitative estimate of drug-likeness (QED) is 0.0581. The van der Waals surface area contributed by atoms with Gasteiger partial charge in [-0.3, -0.25) is 4.79 Å². The van der Waals surface area contributed by atoms with E-state index in [4.69, 9.17) is 25.8 Å². The van der Waals surface area contributed by atoms with Gasteiger partial charge in [0, 0.05) is 19.9 Å². The number of carbonyl (C=O) groups is 3.